The van der Waals surface area contributed by atoms with E-state index in [1.807, 2.05) is 30.3 Å². The van der Waals surface area contributed by atoms with Crippen molar-refractivity contribution in [3.63, 3.8) is 0 Å². The van der Waals surface area contributed by atoms with Gasteiger partial charge in [0, 0.05) is 10.5 Å². The minimum Gasteiger partial charge on any atom is -0.437 e. The summed E-state index contributed by atoms with van der Waals surface area (Å²) in [6.45, 7) is 0. The Morgan fingerprint density at radius 2 is 1.87 bits per heavy atom. The first-order valence-corrected chi connectivity index (χ1v) is 8.69. The number of halogens is 3. The van der Waals surface area contributed by atoms with E-state index in [-0.39, 0.29) is 11.6 Å². The lowest BCUT2D eigenvalue weighted by Gasteiger charge is -2.10. The molecule has 0 unspecified atom stereocenters. The van der Waals surface area contributed by atoms with Crippen molar-refractivity contribution in [1.82, 2.24) is 4.98 Å². The molecular weight excluding hydrogens is 496 g/mol. The third-order valence-corrected chi connectivity index (χ3v) is 4.97. The van der Waals surface area contributed by atoms with E-state index in [4.69, 9.17) is 4.74 Å². The first kappa shape index (κ1) is 16.4. The highest BCUT2D eigenvalue weighted by Crippen LogP contribution is 2.38. The van der Waals surface area contributed by atoms with Crippen LogP contribution in [-0.4, -0.2) is 9.91 Å². The fourth-order valence-electron chi connectivity index (χ4n) is 2.02. The fourth-order valence-corrected chi connectivity index (χ4v) is 3.39. The van der Waals surface area contributed by atoms with E-state index in [2.05, 4.69) is 52.8 Å². The number of pyridine rings is 1. The van der Waals surface area contributed by atoms with Crippen LogP contribution in [-0.2, 0) is 0 Å². The highest BCUT2D eigenvalue weighted by molar-refractivity contribution is 9.11. The molecule has 1 heterocycles. The molecule has 0 fully saturated rings. The summed E-state index contributed by atoms with van der Waals surface area (Å²) in [6, 6.07) is 11.0. The molecule has 0 amide bonds. The van der Waals surface area contributed by atoms with E-state index in [0.717, 1.165) is 25.9 Å². The molecule has 0 aliphatic carbocycles. The maximum atomic E-state index is 10.7. The second-order valence-electron chi connectivity index (χ2n) is 4.58. The van der Waals surface area contributed by atoms with Crippen LogP contribution in [0.25, 0.3) is 10.8 Å². The van der Waals surface area contributed by atoms with Crippen LogP contribution >= 0.6 is 47.8 Å². The Labute approximate surface area is 156 Å². The molecule has 0 saturated carbocycles. The minimum atomic E-state index is -0.509. The van der Waals surface area contributed by atoms with Gasteiger partial charge in [0.25, 0.3) is 5.69 Å². The number of aromatic nitrogens is 1. The summed E-state index contributed by atoms with van der Waals surface area (Å²) >= 11 is 10.2. The third kappa shape index (κ3) is 3.39. The molecule has 23 heavy (non-hydrogen) atoms. The van der Waals surface area contributed by atoms with E-state index < -0.39 is 4.92 Å². The largest absolute Gasteiger partial charge is 0.437 e. The molecule has 5 nitrogen and oxygen atoms in total. The number of benzene rings is 2. The third-order valence-electron chi connectivity index (χ3n) is 3.09. The van der Waals surface area contributed by atoms with Crippen LogP contribution in [0.2, 0.25) is 0 Å². The van der Waals surface area contributed by atoms with Crippen LogP contribution in [0.4, 0.5) is 5.69 Å². The van der Waals surface area contributed by atoms with Crippen LogP contribution in [0.3, 0.4) is 0 Å². The highest BCUT2D eigenvalue weighted by atomic mass is 79.9. The number of rotatable bonds is 3. The number of hydrogen-bond acceptors (Lipinski definition) is 4. The Kier molecular flexibility index (Phi) is 4.65. The zero-order valence-electron chi connectivity index (χ0n) is 11.3. The van der Waals surface area contributed by atoms with Gasteiger partial charge in [-0.1, -0.05) is 28.1 Å². The average Bonchev–Trinajstić information content (AvgIpc) is 2.51. The monoisotopic (exact) mass is 500 g/mol. The molecular formula is C15H7Br3N2O3. The Balaban J connectivity index is 2.00. The molecule has 0 radical (unpaired) electrons. The van der Waals surface area contributed by atoms with Crippen LogP contribution in [0, 0.1) is 10.1 Å². The smallest absolute Gasteiger partial charge is 0.288 e. The maximum absolute atomic E-state index is 10.7. The Bertz CT molecular complexity index is 931. The summed E-state index contributed by atoms with van der Waals surface area (Å²) in [4.78, 5) is 14.2. The summed E-state index contributed by atoms with van der Waals surface area (Å²) in [7, 11) is 0. The molecule has 2 aromatic carbocycles. The van der Waals surface area contributed by atoms with Gasteiger partial charge >= 0.3 is 0 Å². The zero-order chi connectivity index (χ0) is 16.6. The van der Waals surface area contributed by atoms with Gasteiger partial charge in [-0.3, -0.25) is 10.1 Å². The van der Waals surface area contributed by atoms with Crippen LogP contribution in [0.1, 0.15) is 0 Å². The number of fused-ring (bicyclic) bond motifs is 1. The molecule has 0 aliphatic rings. The first-order chi connectivity index (χ1) is 11.0. The van der Waals surface area contributed by atoms with Gasteiger partial charge in [0.05, 0.1) is 13.9 Å². The van der Waals surface area contributed by atoms with E-state index in [9.17, 15) is 10.1 Å². The normalized spacial score (nSPS) is 10.7. The summed E-state index contributed by atoms with van der Waals surface area (Å²) in [6.07, 6.45) is 1.16. The Morgan fingerprint density at radius 1 is 1.09 bits per heavy atom. The van der Waals surface area contributed by atoms with Gasteiger partial charge in [0.2, 0.25) is 5.88 Å². The highest BCUT2D eigenvalue weighted by Gasteiger charge is 2.14. The molecule has 0 bridgehead atoms. The summed E-state index contributed by atoms with van der Waals surface area (Å²) < 4.78 is 7.96. The topological polar surface area (TPSA) is 65.3 Å². The molecule has 116 valence electrons. The van der Waals surface area contributed by atoms with Crippen molar-refractivity contribution < 1.29 is 9.66 Å². The van der Waals surface area contributed by atoms with Crippen molar-refractivity contribution in [1.29, 1.82) is 0 Å². The molecule has 0 N–H and O–H groups in total. The summed E-state index contributed by atoms with van der Waals surface area (Å²) in [5.74, 6) is 0.828. The van der Waals surface area contributed by atoms with Crippen molar-refractivity contribution >= 4 is 64.2 Å². The van der Waals surface area contributed by atoms with E-state index >= 15 is 0 Å². The Hall–Kier alpha value is -1.51. The predicted molar refractivity (Wildman–Crippen MR) is 98.0 cm³/mol. The standard InChI is InChI=1S/C15H7Br3N2O3/c16-9-2-3-11-8(5-9)1-4-13(14(11)18)23-15-12(17)6-10(7-19-15)20(21)22/h1-7H. The van der Waals surface area contributed by atoms with Gasteiger partial charge in [-0.25, -0.2) is 4.98 Å². The molecule has 3 rings (SSSR count). The molecule has 0 aliphatic heterocycles. The zero-order valence-corrected chi connectivity index (χ0v) is 16.1. The SMILES string of the molecule is O=[N+]([O-])c1cnc(Oc2ccc3cc(Br)ccc3c2Br)c(Br)c1. The van der Waals surface area contributed by atoms with E-state index in [1.165, 1.54) is 6.07 Å². The molecule has 1 aromatic heterocycles. The molecule has 3 aromatic rings. The summed E-state index contributed by atoms with van der Waals surface area (Å²) in [5, 5.41) is 12.8. The lowest BCUT2D eigenvalue weighted by Crippen LogP contribution is -1.94. The fraction of sp³-hybridized carbons (Fsp3) is 0. The van der Waals surface area contributed by atoms with Gasteiger partial charge in [0.15, 0.2) is 0 Å². The second-order valence-corrected chi connectivity index (χ2v) is 7.15. The van der Waals surface area contributed by atoms with E-state index in [0.29, 0.717) is 10.2 Å². The first-order valence-electron chi connectivity index (χ1n) is 6.31. The van der Waals surface area contributed by atoms with Gasteiger partial charge in [0.1, 0.15) is 11.9 Å². The molecule has 0 atom stereocenters. The maximum Gasteiger partial charge on any atom is 0.288 e. The van der Waals surface area contributed by atoms with Crippen molar-refractivity contribution in [3.8, 4) is 11.6 Å². The molecule has 8 heteroatoms. The summed E-state index contributed by atoms with van der Waals surface area (Å²) in [5.41, 5.74) is -0.105. The van der Waals surface area contributed by atoms with Gasteiger partial charge in [-0.05, 0) is 60.8 Å². The van der Waals surface area contributed by atoms with Crippen LogP contribution in [0.5, 0.6) is 11.6 Å². The van der Waals surface area contributed by atoms with E-state index in [1.54, 1.807) is 0 Å². The average molecular weight is 503 g/mol. The van der Waals surface area contributed by atoms with Crippen molar-refractivity contribution in [2.45, 2.75) is 0 Å². The second kappa shape index (κ2) is 6.54. The van der Waals surface area contributed by atoms with Crippen molar-refractivity contribution in [3.05, 3.63) is 66.1 Å². The van der Waals surface area contributed by atoms with Gasteiger partial charge < -0.3 is 4.74 Å². The van der Waals surface area contributed by atoms with Crippen LogP contribution < -0.4 is 4.74 Å². The van der Waals surface area contributed by atoms with Gasteiger partial charge in [-0.2, -0.15) is 0 Å². The molecule has 0 saturated heterocycles. The number of nitro groups is 1. The number of nitrogens with zero attached hydrogens (tertiary/aromatic N) is 2. The number of hydrogen-bond donors (Lipinski definition) is 0. The quantitative estimate of drug-likeness (QED) is 0.315. The van der Waals surface area contributed by atoms with Crippen molar-refractivity contribution in [2.75, 3.05) is 0 Å². The predicted octanol–water partition coefficient (Wildman–Crippen LogP) is 6.22. The molecule has 0 spiro atoms. The number of ether oxygens (including phenoxy) is 1. The minimum absolute atomic E-state index is 0.105. The lowest BCUT2D eigenvalue weighted by molar-refractivity contribution is -0.385. The van der Waals surface area contributed by atoms with Crippen LogP contribution in [0.15, 0.2) is 56.0 Å². The van der Waals surface area contributed by atoms with Crippen molar-refractivity contribution in [2.24, 2.45) is 0 Å². The lowest BCUT2D eigenvalue weighted by atomic mass is 10.1. The van der Waals surface area contributed by atoms with Gasteiger partial charge in [-0.15, -0.1) is 0 Å². The Morgan fingerprint density at radius 3 is 2.57 bits per heavy atom.